The maximum atomic E-state index is 12.7. The van der Waals surface area contributed by atoms with E-state index in [0.717, 1.165) is 21.3 Å². The number of rotatable bonds is 2. The summed E-state index contributed by atoms with van der Waals surface area (Å²) in [6.45, 7) is 0. The lowest BCUT2D eigenvalue weighted by Crippen LogP contribution is -2.49. The lowest BCUT2D eigenvalue weighted by Gasteiger charge is -2.28. The highest BCUT2D eigenvalue weighted by Gasteiger charge is 2.31. The Hall–Kier alpha value is -3.61. The van der Waals surface area contributed by atoms with Crippen molar-refractivity contribution in [2.45, 2.75) is 6.04 Å². The second-order valence-electron chi connectivity index (χ2n) is 6.49. The van der Waals surface area contributed by atoms with Gasteiger partial charge in [-0.05, 0) is 16.7 Å². The summed E-state index contributed by atoms with van der Waals surface area (Å²) >= 11 is 0. The molecule has 0 aliphatic carbocycles. The maximum absolute atomic E-state index is 12.7. The predicted molar refractivity (Wildman–Crippen MR) is 103 cm³/mol. The van der Waals surface area contributed by atoms with Gasteiger partial charge in [-0.3, -0.25) is 19.2 Å². The van der Waals surface area contributed by atoms with Gasteiger partial charge < -0.3 is 5.32 Å². The quantitative estimate of drug-likeness (QED) is 0.731. The third-order valence-electron chi connectivity index (χ3n) is 4.85. The van der Waals surface area contributed by atoms with Crippen LogP contribution >= 0.6 is 0 Å². The van der Waals surface area contributed by atoms with Crippen molar-refractivity contribution < 1.29 is 4.79 Å². The number of anilines is 1. The Morgan fingerprint density at radius 3 is 2.11 bits per heavy atom. The average molecular weight is 362 g/mol. The molecular weight excluding hydrogens is 344 g/mol. The molecule has 1 aliphatic heterocycles. The number of nitrogens with zero attached hydrogens (tertiary/aromatic N) is 2. The third kappa shape index (κ3) is 2.73. The van der Waals surface area contributed by atoms with E-state index in [-0.39, 0.29) is 5.82 Å². The lowest BCUT2D eigenvalue weighted by molar-refractivity contribution is 0.248. The van der Waals surface area contributed by atoms with Gasteiger partial charge in [0, 0.05) is 14.1 Å². The smallest absolute Gasteiger partial charge is 0.327 e. The highest BCUT2D eigenvalue weighted by atomic mass is 16.2. The molecule has 1 aliphatic rings. The number of hydrogen-bond donors (Lipinski definition) is 2. The van der Waals surface area contributed by atoms with Crippen molar-refractivity contribution in [1.82, 2.24) is 14.5 Å². The van der Waals surface area contributed by atoms with Gasteiger partial charge in [0.2, 0.25) is 0 Å². The van der Waals surface area contributed by atoms with E-state index in [1.54, 1.807) is 0 Å². The largest absolute Gasteiger partial charge is 0.332 e. The SMILES string of the molecule is Cn1c2c(c(=O)n(C)c1=O)[C@H](c1ccc(-c3ccccc3)cc1)NC(=O)N2. The molecule has 0 saturated carbocycles. The first kappa shape index (κ1) is 16.8. The topological polar surface area (TPSA) is 85.1 Å². The van der Waals surface area contributed by atoms with E-state index in [1.165, 1.54) is 18.7 Å². The maximum Gasteiger partial charge on any atom is 0.332 e. The molecule has 0 bridgehead atoms. The van der Waals surface area contributed by atoms with E-state index in [2.05, 4.69) is 10.6 Å². The standard InChI is InChI=1S/C20H18N4O3/c1-23-17-15(18(25)24(2)20(23)27)16(21-19(26)22-17)14-10-8-13(9-11-14)12-6-4-3-5-7-12/h3-11,16H,1-2H3,(H2,21,22,26)/t16-/m0/s1. The van der Waals surface area contributed by atoms with Crippen molar-refractivity contribution in [2.75, 3.05) is 5.32 Å². The summed E-state index contributed by atoms with van der Waals surface area (Å²) < 4.78 is 2.32. The van der Waals surface area contributed by atoms with Gasteiger partial charge in [0.1, 0.15) is 5.82 Å². The van der Waals surface area contributed by atoms with Crippen LogP contribution in [-0.4, -0.2) is 15.2 Å². The van der Waals surface area contributed by atoms with E-state index in [4.69, 9.17) is 0 Å². The van der Waals surface area contributed by atoms with E-state index in [1.807, 2.05) is 54.6 Å². The van der Waals surface area contributed by atoms with Crippen LogP contribution in [0.5, 0.6) is 0 Å². The van der Waals surface area contributed by atoms with Gasteiger partial charge in [0.25, 0.3) is 5.56 Å². The molecule has 0 radical (unpaired) electrons. The predicted octanol–water partition coefficient (Wildman–Crippen LogP) is 1.98. The zero-order chi connectivity index (χ0) is 19.1. The average Bonchev–Trinajstić information content (AvgIpc) is 2.71. The summed E-state index contributed by atoms with van der Waals surface area (Å²) in [5.41, 5.74) is 2.30. The van der Waals surface area contributed by atoms with Gasteiger partial charge in [0.05, 0.1) is 11.6 Å². The van der Waals surface area contributed by atoms with Crippen molar-refractivity contribution in [3.8, 4) is 11.1 Å². The molecule has 7 nitrogen and oxygen atoms in total. The molecule has 1 atom stereocenters. The van der Waals surface area contributed by atoms with Crippen molar-refractivity contribution >= 4 is 11.8 Å². The van der Waals surface area contributed by atoms with Gasteiger partial charge >= 0.3 is 11.7 Å². The molecule has 7 heteroatoms. The molecule has 27 heavy (non-hydrogen) atoms. The molecular formula is C20H18N4O3. The first-order chi connectivity index (χ1) is 13.0. The molecule has 2 heterocycles. The van der Waals surface area contributed by atoms with Crippen LogP contribution in [0, 0.1) is 0 Å². The van der Waals surface area contributed by atoms with Crippen LogP contribution in [0.3, 0.4) is 0 Å². The Kier molecular flexibility index (Phi) is 3.92. The Morgan fingerprint density at radius 2 is 1.44 bits per heavy atom. The summed E-state index contributed by atoms with van der Waals surface area (Å²) in [5.74, 6) is 0.226. The molecule has 1 aromatic heterocycles. The number of amides is 2. The van der Waals surface area contributed by atoms with Gasteiger partial charge in [-0.2, -0.15) is 0 Å². The molecule has 0 saturated heterocycles. The molecule has 2 amide bonds. The van der Waals surface area contributed by atoms with E-state index in [0.29, 0.717) is 5.56 Å². The second kappa shape index (κ2) is 6.28. The van der Waals surface area contributed by atoms with Gasteiger partial charge in [0.15, 0.2) is 0 Å². The Morgan fingerprint density at radius 1 is 0.815 bits per heavy atom. The monoisotopic (exact) mass is 362 g/mol. The minimum Gasteiger partial charge on any atom is -0.327 e. The second-order valence-corrected chi connectivity index (χ2v) is 6.49. The van der Waals surface area contributed by atoms with Crippen LogP contribution in [0.2, 0.25) is 0 Å². The molecule has 0 unspecified atom stereocenters. The van der Waals surface area contributed by atoms with Gasteiger partial charge in [-0.1, -0.05) is 54.6 Å². The fourth-order valence-electron chi connectivity index (χ4n) is 3.38. The molecule has 3 aromatic rings. The van der Waals surface area contributed by atoms with Crippen molar-refractivity contribution in [3.05, 3.63) is 86.6 Å². The number of nitrogens with one attached hydrogen (secondary N) is 2. The highest BCUT2D eigenvalue weighted by molar-refractivity contribution is 5.92. The number of benzene rings is 2. The lowest BCUT2D eigenvalue weighted by atomic mass is 9.96. The Labute approximate surface area is 154 Å². The third-order valence-corrected chi connectivity index (χ3v) is 4.85. The molecule has 2 N–H and O–H groups in total. The van der Waals surface area contributed by atoms with Crippen LogP contribution in [0.15, 0.2) is 64.2 Å². The van der Waals surface area contributed by atoms with Crippen LogP contribution in [0.1, 0.15) is 17.2 Å². The molecule has 2 aromatic carbocycles. The number of aromatic nitrogens is 2. The van der Waals surface area contributed by atoms with Crippen molar-refractivity contribution in [3.63, 3.8) is 0 Å². The van der Waals surface area contributed by atoms with Crippen LogP contribution in [0.25, 0.3) is 11.1 Å². The Balaban J connectivity index is 1.83. The zero-order valence-corrected chi connectivity index (χ0v) is 14.9. The minimum atomic E-state index is -0.635. The normalized spacial score (nSPS) is 15.6. The van der Waals surface area contributed by atoms with Crippen LogP contribution < -0.4 is 21.9 Å². The summed E-state index contributed by atoms with van der Waals surface area (Å²) in [6, 6.07) is 16.5. The molecule has 4 rings (SSSR count). The fraction of sp³-hybridized carbons (Fsp3) is 0.150. The van der Waals surface area contributed by atoms with E-state index < -0.39 is 23.3 Å². The van der Waals surface area contributed by atoms with Crippen LogP contribution in [-0.2, 0) is 14.1 Å². The summed E-state index contributed by atoms with van der Waals surface area (Å²) in [7, 11) is 2.96. The molecule has 0 fully saturated rings. The van der Waals surface area contributed by atoms with Gasteiger partial charge in [-0.25, -0.2) is 9.59 Å². The van der Waals surface area contributed by atoms with Gasteiger partial charge in [-0.15, -0.1) is 0 Å². The fourth-order valence-corrected chi connectivity index (χ4v) is 3.38. The summed E-state index contributed by atoms with van der Waals surface area (Å²) in [5, 5.41) is 5.36. The van der Waals surface area contributed by atoms with Crippen molar-refractivity contribution in [1.29, 1.82) is 0 Å². The summed E-state index contributed by atoms with van der Waals surface area (Å²) in [4.78, 5) is 37.0. The highest BCUT2D eigenvalue weighted by Crippen LogP contribution is 2.29. The van der Waals surface area contributed by atoms with E-state index in [9.17, 15) is 14.4 Å². The van der Waals surface area contributed by atoms with E-state index >= 15 is 0 Å². The van der Waals surface area contributed by atoms with Crippen molar-refractivity contribution in [2.24, 2.45) is 14.1 Å². The first-order valence-electron chi connectivity index (χ1n) is 8.50. The number of hydrogen-bond acceptors (Lipinski definition) is 3. The number of carbonyl (C=O) groups excluding carboxylic acids is 1. The number of carbonyl (C=O) groups is 1. The summed E-state index contributed by atoms with van der Waals surface area (Å²) in [6.07, 6.45) is 0. The molecule has 136 valence electrons. The zero-order valence-electron chi connectivity index (χ0n) is 14.9. The minimum absolute atomic E-state index is 0.226. The number of fused-ring (bicyclic) bond motifs is 1. The van der Waals surface area contributed by atoms with Crippen LogP contribution in [0.4, 0.5) is 10.6 Å². The molecule has 0 spiro atoms. The first-order valence-corrected chi connectivity index (χ1v) is 8.50. The number of urea groups is 1. The Bertz CT molecular complexity index is 1140.